The first-order chi connectivity index (χ1) is 13.5. The van der Waals surface area contributed by atoms with E-state index in [-0.39, 0.29) is 24.2 Å². The van der Waals surface area contributed by atoms with Gasteiger partial charge >= 0.3 is 0 Å². The highest BCUT2D eigenvalue weighted by atomic mass is 16.5. The fraction of sp³-hybridized carbons (Fsp3) is 0.619. The van der Waals surface area contributed by atoms with Gasteiger partial charge in [0.25, 0.3) is 0 Å². The smallest absolute Gasteiger partial charge is 0.227 e. The Hall–Kier alpha value is -2.44. The molecule has 3 rings (SSSR count). The molecule has 0 N–H and O–H groups in total. The zero-order chi connectivity index (χ0) is 20.3. The quantitative estimate of drug-likeness (QED) is 0.716. The van der Waals surface area contributed by atoms with Crippen LogP contribution in [0.2, 0.25) is 0 Å². The van der Waals surface area contributed by atoms with Crippen molar-refractivity contribution in [2.45, 2.75) is 32.1 Å². The van der Waals surface area contributed by atoms with Crippen LogP contribution in [0, 0.1) is 11.8 Å². The molecule has 2 amide bonds. The van der Waals surface area contributed by atoms with Crippen LogP contribution in [-0.4, -0.2) is 58.2 Å². The van der Waals surface area contributed by atoms with Crippen LogP contribution in [0.3, 0.4) is 0 Å². The van der Waals surface area contributed by atoms with E-state index in [4.69, 9.17) is 14.2 Å². The molecule has 1 saturated carbocycles. The van der Waals surface area contributed by atoms with Gasteiger partial charge in [0.1, 0.15) is 0 Å². The molecule has 154 valence electrons. The van der Waals surface area contributed by atoms with Crippen LogP contribution in [-0.2, 0) is 9.59 Å². The van der Waals surface area contributed by atoms with Gasteiger partial charge in [-0.2, -0.15) is 0 Å². The van der Waals surface area contributed by atoms with Crippen LogP contribution >= 0.6 is 0 Å². The van der Waals surface area contributed by atoms with E-state index in [9.17, 15) is 9.59 Å². The largest absolute Gasteiger partial charge is 0.493 e. The van der Waals surface area contributed by atoms with Gasteiger partial charge in [-0.25, -0.2) is 0 Å². The molecule has 28 heavy (non-hydrogen) atoms. The van der Waals surface area contributed by atoms with Crippen molar-refractivity contribution in [2.75, 3.05) is 46.4 Å². The summed E-state index contributed by atoms with van der Waals surface area (Å²) in [7, 11) is 6.47. The van der Waals surface area contributed by atoms with Crippen molar-refractivity contribution < 1.29 is 23.8 Å². The molecular formula is C21H30N2O5. The first-order valence-electron chi connectivity index (χ1n) is 9.83. The number of rotatable bonds is 7. The SMILES string of the molecule is COc1cc(N2CC(C(=O)N(C)CC3CCCC3)CC2=O)cc(OC)c1OC. The Labute approximate surface area is 166 Å². The van der Waals surface area contributed by atoms with Crippen molar-refractivity contribution in [3.63, 3.8) is 0 Å². The Balaban J connectivity index is 1.74. The first-order valence-corrected chi connectivity index (χ1v) is 9.83. The van der Waals surface area contributed by atoms with Crippen LogP contribution < -0.4 is 19.1 Å². The third-order valence-corrected chi connectivity index (χ3v) is 5.82. The number of hydrogen-bond acceptors (Lipinski definition) is 5. The molecule has 1 saturated heterocycles. The van der Waals surface area contributed by atoms with E-state index in [1.165, 1.54) is 47.0 Å². The summed E-state index contributed by atoms with van der Waals surface area (Å²) in [5, 5.41) is 0. The van der Waals surface area contributed by atoms with Crippen LogP contribution in [0.1, 0.15) is 32.1 Å². The molecule has 7 nitrogen and oxygen atoms in total. The van der Waals surface area contributed by atoms with Gasteiger partial charge in [0.05, 0.1) is 32.9 Å². The summed E-state index contributed by atoms with van der Waals surface area (Å²) in [6.45, 7) is 1.15. The monoisotopic (exact) mass is 390 g/mol. The fourth-order valence-electron chi connectivity index (χ4n) is 4.33. The average molecular weight is 390 g/mol. The summed E-state index contributed by atoms with van der Waals surface area (Å²) in [6, 6.07) is 3.49. The van der Waals surface area contributed by atoms with E-state index < -0.39 is 0 Å². The van der Waals surface area contributed by atoms with E-state index in [0.29, 0.717) is 35.4 Å². The maximum atomic E-state index is 12.9. The Kier molecular flexibility index (Phi) is 6.31. The molecule has 7 heteroatoms. The molecule has 1 aromatic rings. The normalized spacial score (nSPS) is 19.8. The molecule has 1 aromatic carbocycles. The second kappa shape index (κ2) is 8.71. The maximum Gasteiger partial charge on any atom is 0.227 e. The van der Waals surface area contributed by atoms with E-state index >= 15 is 0 Å². The molecule has 0 spiro atoms. The Morgan fingerprint density at radius 2 is 1.71 bits per heavy atom. The lowest BCUT2D eigenvalue weighted by Gasteiger charge is -2.24. The number of carbonyl (C=O) groups is 2. The molecule has 1 aliphatic carbocycles. The molecule has 2 aliphatic rings. The third-order valence-electron chi connectivity index (χ3n) is 5.82. The maximum absolute atomic E-state index is 12.9. The van der Waals surface area contributed by atoms with Crippen LogP contribution in [0.5, 0.6) is 17.2 Å². The number of hydrogen-bond donors (Lipinski definition) is 0. The van der Waals surface area contributed by atoms with Crippen molar-refractivity contribution in [3.8, 4) is 17.2 Å². The van der Waals surface area contributed by atoms with Crippen molar-refractivity contribution in [1.82, 2.24) is 4.90 Å². The minimum Gasteiger partial charge on any atom is -0.493 e. The Morgan fingerprint density at radius 3 is 2.25 bits per heavy atom. The number of ether oxygens (including phenoxy) is 3. The summed E-state index contributed by atoms with van der Waals surface area (Å²) in [5.74, 6) is 1.70. The topological polar surface area (TPSA) is 68.3 Å². The first kappa shape index (κ1) is 20.3. The predicted molar refractivity (Wildman–Crippen MR) is 106 cm³/mol. The zero-order valence-corrected chi connectivity index (χ0v) is 17.2. The van der Waals surface area contributed by atoms with Crippen molar-refractivity contribution in [3.05, 3.63) is 12.1 Å². The molecule has 1 aliphatic heterocycles. The lowest BCUT2D eigenvalue weighted by molar-refractivity contribution is -0.135. The number of amides is 2. The molecule has 1 unspecified atom stereocenters. The standard InChI is InChI=1S/C21H30N2O5/c1-22(12-14-7-5-6-8-14)21(25)15-9-19(24)23(13-15)16-10-17(26-2)20(28-4)18(11-16)27-3/h10-11,14-15H,5-9,12-13H2,1-4H3. The Bertz CT molecular complexity index is 705. The van der Waals surface area contributed by atoms with Crippen LogP contribution in [0.25, 0.3) is 0 Å². The van der Waals surface area contributed by atoms with Crippen molar-refractivity contribution >= 4 is 17.5 Å². The number of anilines is 1. The summed E-state index contributed by atoms with van der Waals surface area (Å²) in [5.41, 5.74) is 0.647. The number of methoxy groups -OCH3 is 3. The van der Waals surface area contributed by atoms with E-state index in [2.05, 4.69) is 0 Å². The number of carbonyl (C=O) groups excluding carboxylic acids is 2. The van der Waals surface area contributed by atoms with E-state index in [1.807, 2.05) is 11.9 Å². The lowest BCUT2D eigenvalue weighted by atomic mass is 10.0. The van der Waals surface area contributed by atoms with Crippen LogP contribution in [0.4, 0.5) is 5.69 Å². The highest BCUT2D eigenvalue weighted by Gasteiger charge is 2.37. The molecule has 0 bridgehead atoms. The van der Waals surface area contributed by atoms with Gasteiger partial charge in [-0.15, -0.1) is 0 Å². The molecule has 1 heterocycles. The Morgan fingerprint density at radius 1 is 1.11 bits per heavy atom. The van der Waals surface area contributed by atoms with E-state index in [0.717, 1.165) is 6.54 Å². The summed E-state index contributed by atoms with van der Waals surface area (Å²) in [6.07, 6.45) is 5.12. The highest BCUT2D eigenvalue weighted by molar-refractivity contribution is 6.00. The van der Waals surface area contributed by atoms with Gasteiger partial charge in [-0.3, -0.25) is 9.59 Å². The van der Waals surface area contributed by atoms with Gasteiger partial charge in [-0.05, 0) is 18.8 Å². The average Bonchev–Trinajstić information content (AvgIpc) is 3.35. The minimum absolute atomic E-state index is 0.0511. The van der Waals surface area contributed by atoms with Gasteiger partial charge in [0.2, 0.25) is 17.6 Å². The van der Waals surface area contributed by atoms with Gasteiger partial charge in [-0.1, -0.05) is 12.8 Å². The molecular weight excluding hydrogens is 360 g/mol. The second-order valence-corrected chi connectivity index (χ2v) is 7.66. The zero-order valence-electron chi connectivity index (χ0n) is 17.2. The van der Waals surface area contributed by atoms with Gasteiger partial charge < -0.3 is 24.0 Å². The summed E-state index contributed by atoms with van der Waals surface area (Å²) in [4.78, 5) is 29.0. The highest BCUT2D eigenvalue weighted by Crippen LogP contribution is 2.42. The predicted octanol–water partition coefficient (Wildman–Crippen LogP) is 2.71. The second-order valence-electron chi connectivity index (χ2n) is 7.66. The fourth-order valence-corrected chi connectivity index (χ4v) is 4.33. The van der Waals surface area contributed by atoms with Crippen molar-refractivity contribution in [2.24, 2.45) is 11.8 Å². The number of benzene rings is 1. The van der Waals surface area contributed by atoms with Gasteiger partial charge in [0.15, 0.2) is 11.5 Å². The van der Waals surface area contributed by atoms with Crippen LogP contribution in [0.15, 0.2) is 12.1 Å². The summed E-state index contributed by atoms with van der Waals surface area (Å²) < 4.78 is 16.1. The molecule has 2 fully saturated rings. The molecule has 1 atom stereocenters. The van der Waals surface area contributed by atoms with E-state index in [1.54, 1.807) is 17.0 Å². The third kappa shape index (κ3) is 4.03. The van der Waals surface area contributed by atoms with Gasteiger partial charge in [0, 0.05) is 38.7 Å². The number of nitrogens with zero attached hydrogens (tertiary/aromatic N) is 2. The van der Waals surface area contributed by atoms with Crippen molar-refractivity contribution in [1.29, 1.82) is 0 Å². The molecule has 0 aromatic heterocycles. The molecule has 0 radical (unpaired) electrons. The lowest BCUT2D eigenvalue weighted by Crippen LogP contribution is -2.37. The minimum atomic E-state index is -0.321. The summed E-state index contributed by atoms with van der Waals surface area (Å²) >= 11 is 0.